The number of hydrogen-bond acceptors (Lipinski definition) is 2. The van der Waals surface area contributed by atoms with Crippen molar-refractivity contribution in [2.45, 2.75) is 26.2 Å². The van der Waals surface area contributed by atoms with E-state index in [9.17, 15) is 0 Å². The Balaban J connectivity index is 0.000000386. The molecule has 0 unspecified atom stereocenters. The first-order valence-electron chi connectivity index (χ1n) is 5.49. The number of nitrogens with zero attached hydrogens (tertiary/aromatic N) is 1. The second-order valence-electron chi connectivity index (χ2n) is 3.92. The van der Waals surface area contributed by atoms with Gasteiger partial charge in [-0.25, -0.2) is 0 Å². The van der Waals surface area contributed by atoms with Gasteiger partial charge in [0.05, 0.1) is 6.07 Å². The van der Waals surface area contributed by atoms with Crippen molar-refractivity contribution < 1.29 is 0 Å². The Hall–Kier alpha value is -1.04. The van der Waals surface area contributed by atoms with E-state index in [2.05, 4.69) is 24.4 Å². The first kappa shape index (κ1) is 13.0. The van der Waals surface area contributed by atoms with Crippen molar-refractivity contribution in [2.75, 3.05) is 13.1 Å². The maximum atomic E-state index is 7.32. The number of rotatable bonds is 0. The van der Waals surface area contributed by atoms with E-state index in [1.807, 2.05) is 6.07 Å². The summed E-state index contributed by atoms with van der Waals surface area (Å²) in [6.07, 6.45) is 1.12. The molecule has 0 spiro atoms. The van der Waals surface area contributed by atoms with E-state index in [-0.39, 0.29) is 0 Å². The third kappa shape index (κ3) is 3.52. The lowest BCUT2D eigenvalue weighted by Crippen LogP contribution is -2.18. The molecule has 0 saturated heterocycles. The number of nitrogens with one attached hydrogen (secondary N) is 1. The highest BCUT2D eigenvalue weighted by Crippen LogP contribution is 2.25. The van der Waals surface area contributed by atoms with Gasteiger partial charge in [0.2, 0.25) is 0 Å². The molecule has 1 aliphatic rings. The fourth-order valence-corrected chi connectivity index (χ4v) is 2.08. The molecule has 1 heterocycles. The van der Waals surface area contributed by atoms with Crippen LogP contribution >= 0.6 is 11.6 Å². The Bertz CT molecular complexity index is 382. The van der Waals surface area contributed by atoms with Crippen LogP contribution in [-0.4, -0.2) is 13.1 Å². The molecule has 1 N–H and O–H groups in total. The maximum absolute atomic E-state index is 7.32. The molecule has 2 rings (SSSR count). The third-order valence-electron chi connectivity index (χ3n) is 2.66. The molecular weight excluding hydrogens is 220 g/mol. The van der Waals surface area contributed by atoms with Gasteiger partial charge in [-0.3, -0.25) is 0 Å². The average Bonchev–Trinajstić information content (AvgIpc) is 2.43. The molecule has 86 valence electrons. The van der Waals surface area contributed by atoms with Crippen LogP contribution < -0.4 is 5.32 Å². The van der Waals surface area contributed by atoms with Gasteiger partial charge >= 0.3 is 0 Å². The van der Waals surface area contributed by atoms with Crippen LogP contribution in [-0.2, 0) is 6.42 Å². The Kier molecular flexibility index (Phi) is 5.31. The molecule has 0 bridgehead atoms. The summed E-state index contributed by atoms with van der Waals surface area (Å²) in [5, 5.41) is 11.6. The highest BCUT2D eigenvalue weighted by molar-refractivity contribution is 6.30. The minimum Gasteiger partial charge on any atom is -0.316 e. The average molecular weight is 237 g/mol. The summed E-state index contributed by atoms with van der Waals surface area (Å²) in [5.41, 5.74) is 2.86. The van der Waals surface area contributed by atoms with E-state index in [0.717, 1.165) is 24.5 Å². The van der Waals surface area contributed by atoms with Crippen molar-refractivity contribution in [3.63, 3.8) is 0 Å². The maximum Gasteiger partial charge on any atom is 0.0587 e. The van der Waals surface area contributed by atoms with Gasteiger partial charge in [-0.1, -0.05) is 24.6 Å². The number of hydrogen-bond donors (Lipinski definition) is 1. The van der Waals surface area contributed by atoms with Gasteiger partial charge in [0.1, 0.15) is 0 Å². The minimum atomic E-state index is 0.580. The third-order valence-corrected chi connectivity index (χ3v) is 2.90. The van der Waals surface area contributed by atoms with Crippen LogP contribution in [0.25, 0.3) is 0 Å². The highest BCUT2D eigenvalue weighted by Gasteiger charge is 2.13. The van der Waals surface area contributed by atoms with Crippen molar-refractivity contribution in [3.8, 4) is 6.07 Å². The van der Waals surface area contributed by atoms with Gasteiger partial charge in [0.15, 0.2) is 0 Å². The molecule has 1 atom stereocenters. The summed E-state index contributed by atoms with van der Waals surface area (Å²) >= 11 is 5.97. The lowest BCUT2D eigenvalue weighted by Gasteiger charge is -2.11. The van der Waals surface area contributed by atoms with Crippen molar-refractivity contribution in [1.29, 1.82) is 5.26 Å². The predicted octanol–water partition coefficient (Wildman–Crippen LogP) is 3.12. The van der Waals surface area contributed by atoms with Crippen LogP contribution in [0.5, 0.6) is 0 Å². The van der Waals surface area contributed by atoms with Gasteiger partial charge in [-0.2, -0.15) is 5.26 Å². The molecule has 0 fully saturated rings. The molecular formula is C13H17ClN2. The number of nitriles is 1. The van der Waals surface area contributed by atoms with Crippen molar-refractivity contribution in [2.24, 2.45) is 0 Å². The molecule has 0 radical (unpaired) electrons. The molecule has 0 amide bonds. The largest absolute Gasteiger partial charge is 0.316 e. The smallest absolute Gasteiger partial charge is 0.0587 e. The minimum absolute atomic E-state index is 0.580. The summed E-state index contributed by atoms with van der Waals surface area (Å²) in [6, 6.07) is 7.99. The van der Waals surface area contributed by atoms with Crippen LogP contribution in [0.3, 0.4) is 0 Å². The fraction of sp³-hybridized carbons (Fsp3) is 0.462. The topological polar surface area (TPSA) is 35.8 Å². The molecule has 2 nitrogen and oxygen atoms in total. The summed E-state index contributed by atoms with van der Waals surface area (Å²) < 4.78 is 0. The molecule has 1 aromatic rings. The zero-order valence-electron chi connectivity index (χ0n) is 9.76. The first-order chi connectivity index (χ1) is 7.69. The highest BCUT2D eigenvalue weighted by atomic mass is 35.5. The monoisotopic (exact) mass is 236 g/mol. The zero-order chi connectivity index (χ0) is 12.0. The van der Waals surface area contributed by atoms with Gasteiger partial charge < -0.3 is 5.32 Å². The summed E-state index contributed by atoms with van der Waals surface area (Å²) in [7, 11) is 0. The Morgan fingerprint density at radius 1 is 1.50 bits per heavy atom. The molecule has 0 saturated carbocycles. The second kappa shape index (κ2) is 6.52. The molecule has 0 aromatic heterocycles. The van der Waals surface area contributed by atoms with Crippen LogP contribution in [0.1, 0.15) is 30.9 Å². The summed E-state index contributed by atoms with van der Waals surface area (Å²) in [4.78, 5) is 0. The number of benzene rings is 1. The summed E-state index contributed by atoms with van der Waals surface area (Å²) in [5.74, 6) is 0.580. The van der Waals surface area contributed by atoms with E-state index < -0.39 is 0 Å². The van der Waals surface area contributed by atoms with Crippen molar-refractivity contribution in [3.05, 3.63) is 34.3 Å². The number of fused-ring (bicyclic) bond motifs is 1. The van der Waals surface area contributed by atoms with Crippen LogP contribution in [0.2, 0.25) is 5.02 Å². The molecule has 1 aromatic carbocycles. The van der Waals surface area contributed by atoms with Gasteiger partial charge in [0.25, 0.3) is 0 Å². The van der Waals surface area contributed by atoms with Crippen molar-refractivity contribution in [1.82, 2.24) is 5.32 Å². The molecule has 1 aliphatic heterocycles. The van der Waals surface area contributed by atoms with Crippen LogP contribution in [0.15, 0.2) is 18.2 Å². The molecule has 0 aliphatic carbocycles. The Morgan fingerprint density at radius 3 is 2.88 bits per heavy atom. The fourth-order valence-electron chi connectivity index (χ4n) is 1.90. The van der Waals surface area contributed by atoms with Crippen LogP contribution in [0, 0.1) is 11.3 Å². The normalized spacial score (nSPS) is 18.5. The SMILES string of the molecule is CC#N.C[C@H]1CNCCc2ccc(Cl)cc21. The Morgan fingerprint density at radius 2 is 2.19 bits per heavy atom. The predicted molar refractivity (Wildman–Crippen MR) is 67.7 cm³/mol. The van der Waals surface area contributed by atoms with E-state index in [1.165, 1.54) is 18.1 Å². The number of halogens is 1. The standard InChI is InChI=1S/C11H14ClN.C2H3N/c1-8-7-13-5-4-9-2-3-10(12)6-11(8)9;1-2-3/h2-3,6,8,13H,4-5,7H2,1H3;1H3/t8-;/m0./s1. The van der Waals surface area contributed by atoms with Crippen LogP contribution in [0.4, 0.5) is 0 Å². The van der Waals surface area contributed by atoms with E-state index in [4.69, 9.17) is 16.9 Å². The molecule has 3 heteroatoms. The first-order valence-corrected chi connectivity index (χ1v) is 5.86. The lowest BCUT2D eigenvalue weighted by atomic mass is 9.96. The lowest BCUT2D eigenvalue weighted by molar-refractivity contribution is 0.644. The second-order valence-corrected chi connectivity index (χ2v) is 4.36. The Labute approximate surface area is 102 Å². The van der Waals surface area contributed by atoms with Crippen molar-refractivity contribution >= 4 is 11.6 Å². The van der Waals surface area contributed by atoms with E-state index >= 15 is 0 Å². The van der Waals surface area contributed by atoms with E-state index in [1.54, 1.807) is 6.07 Å². The van der Waals surface area contributed by atoms with E-state index in [0.29, 0.717) is 5.92 Å². The van der Waals surface area contributed by atoms with Gasteiger partial charge in [-0.15, -0.1) is 0 Å². The van der Waals surface area contributed by atoms with Gasteiger partial charge in [0, 0.05) is 18.5 Å². The van der Waals surface area contributed by atoms with Gasteiger partial charge in [-0.05, 0) is 42.1 Å². The molecule has 16 heavy (non-hydrogen) atoms. The summed E-state index contributed by atoms with van der Waals surface area (Å²) in [6.45, 7) is 5.82. The quantitative estimate of drug-likeness (QED) is 0.751. The zero-order valence-corrected chi connectivity index (χ0v) is 10.5.